The minimum atomic E-state index is -0.689. The normalized spacial score (nSPS) is 9.82. The fourth-order valence-electron chi connectivity index (χ4n) is 2.02. The molecule has 28 heavy (non-hydrogen) atoms. The zero-order chi connectivity index (χ0) is 19.5. The number of hydrogen-bond donors (Lipinski definition) is 4. The Bertz CT molecular complexity index is 734. The molecule has 0 bridgehead atoms. The Hall–Kier alpha value is -2.97. The van der Waals surface area contributed by atoms with Crippen LogP contribution in [-0.4, -0.2) is 17.3 Å². The average molecular weight is 402 g/mol. The summed E-state index contributed by atoms with van der Waals surface area (Å²) in [6, 6.07) is 8.36. The maximum atomic E-state index is 14.1. The molecule has 0 saturated carbocycles. The van der Waals surface area contributed by atoms with Gasteiger partial charge in [0.05, 0.1) is 5.56 Å². The molecule has 2 aromatic rings. The van der Waals surface area contributed by atoms with E-state index in [0.29, 0.717) is 17.9 Å². The first-order valence-electron chi connectivity index (χ1n) is 7.87. The highest BCUT2D eigenvalue weighted by Gasteiger charge is 2.12. The van der Waals surface area contributed by atoms with Gasteiger partial charge in [0.25, 0.3) is 0 Å². The molecule has 158 valence electrons. The summed E-state index contributed by atoms with van der Waals surface area (Å²) in [6.07, 6.45) is 4.12. The van der Waals surface area contributed by atoms with Gasteiger partial charge in [0, 0.05) is 20.4 Å². The molecule has 0 heterocycles. The van der Waals surface area contributed by atoms with Gasteiger partial charge in [0.2, 0.25) is 0 Å². The second-order valence-electron chi connectivity index (χ2n) is 5.33. The molecular weight excluding hydrogens is 373 g/mol. The highest BCUT2D eigenvalue weighted by atomic mass is 19.1. The van der Waals surface area contributed by atoms with E-state index in [2.05, 4.69) is 11.9 Å². The lowest BCUT2D eigenvalue weighted by Crippen LogP contribution is -2.03. The number of aromatic hydroxyl groups is 1. The molecule has 2 rings (SSSR count). The van der Waals surface area contributed by atoms with Crippen LogP contribution in [0.25, 0.3) is 0 Å². The fraction of sp³-hybridized carbons (Fsp3) is 0.200. The van der Waals surface area contributed by atoms with E-state index in [1.54, 1.807) is 12.3 Å². The Balaban J connectivity index is -0.00000131. The van der Waals surface area contributed by atoms with Crippen LogP contribution >= 0.6 is 0 Å². The third-order valence-corrected chi connectivity index (χ3v) is 3.31. The van der Waals surface area contributed by atoms with Crippen LogP contribution in [0.5, 0.6) is 11.5 Å². The molecule has 0 aliphatic carbocycles. The van der Waals surface area contributed by atoms with Crippen LogP contribution in [0.4, 0.5) is 19.2 Å². The molecule has 0 unspecified atom stereocenters. The second kappa shape index (κ2) is 14.1. The first kappa shape index (κ1) is 27.3. The molecule has 0 saturated heterocycles. The van der Waals surface area contributed by atoms with Gasteiger partial charge >= 0.3 is 0 Å². The summed E-state index contributed by atoms with van der Waals surface area (Å²) in [4.78, 5) is 0. The topological polar surface area (TPSA) is 96.7 Å². The van der Waals surface area contributed by atoms with Crippen molar-refractivity contribution < 1.29 is 29.9 Å². The van der Waals surface area contributed by atoms with Crippen LogP contribution in [0, 0.1) is 11.6 Å². The van der Waals surface area contributed by atoms with Gasteiger partial charge in [-0.25, -0.2) is 8.78 Å². The third-order valence-electron chi connectivity index (χ3n) is 3.31. The number of benzene rings is 2. The van der Waals surface area contributed by atoms with Gasteiger partial charge in [-0.15, -0.1) is 6.58 Å². The van der Waals surface area contributed by atoms with Gasteiger partial charge in [-0.3, -0.25) is 4.70 Å². The van der Waals surface area contributed by atoms with E-state index in [1.165, 1.54) is 36.4 Å². The number of anilines is 1. The molecule has 0 fully saturated rings. The minimum Gasteiger partial charge on any atom is -0.508 e. The second-order valence-corrected chi connectivity index (χ2v) is 5.33. The summed E-state index contributed by atoms with van der Waals surface area (Å²) in [5.41, 5.74) is 1.16. The number of ether oxygens (including phenoxy) is 1. The molecule has 2 aromatic carbocycles. The molecule has 0 amide bonds. The largest absolute Gasteiger partial charge is 0.508 e. The summed E-state index contributed by atoms with van der Waals surface area (Å²) in [6.45, 7) is 5.28. The van der Waals surface area contributed by atoms with E-state index in [4.69, 9.17) is 9.84 Å². The molecule has 0 radical (unpaired) electrons. The van der Waals surface area contributed by atoms with Crippen molar-refractivity contribution in [2.75, 3.05) is 12.4 Å². The highest BCUT2D eigenvalue weighted by Crippen LogP contribution is 2.22. The predicted molar refractivity (Wildman–Crippen MR) is 109 cm³/mol. The Kier molecular flexibility index (Phi) is 13.8. The number of phenolic OH excluding ortho intramolecular Hbond substituents is 1. The van der Waals surface area contributed by atoms with Crippen LogP contribution in [0.1, 0.15) is 20.3 Å². The molecule has 0 atom stereocenters. The number of nitrogens with one attached hydrogen (secondary N) is 1. The highest BCUT2D eigenvalue weighted by molar-refractivity contribution is 5.48. The van der Waals surface area contributed by atoms with Crippen LogP contribution in [-0.2, 0) is 6.61 Å². The van der Waals surface area contributed by atoms with E-state index in [9.17, 15) is 13.9 Å². The Morgan fingerprint density at radius 2 is 1.71 bits per heavy atom. The van der Waals surface area contributed by atoms with Crippen molar-refractivity contribution >= 4 is 5.69 Å². The summed E-state index contributed by atoms with van der Waals surface area (Å²) in [5.74, 6) is -0.871. The van der Waals surface area contributed by atoms with Gasteiger partial charge in [0.15, 0.2) is 0 Å². The number of allylic oxidation sites excluding steroid dienone is 2. The Morgan fingerprint density at radius 1 is 1.18 bits per heavy atom. The number of aliphatic hydroxyl groups excluding tert-OH is 1. The van der Waals surface area contributed by atoms with Crippen molar-refractivity contribution in [3.63, 3.8) is 0 Å². The Morgan fingerprint density at radius 3 is 2.21 bits per heavy atom. The third kappa shape index (κ3) is 8.61. The first-order valence-corrected chi connectivity index (χ1v) is 7.87. The van der Waals surface area contributed by atoms with Crippen molar-refractivity contribution in [1.29, 1.82) is 0 Å². The lowest BCUT2D eigenvalue weighted by molar-refractivity contribution is 0.292. The minimum absolute atomic E-state index is 0. The van der Waals surface area contributed by atoms with Crippen molar-refractivity contribution in [2.24, 2.45) is 0 Å². The zero-order valence-electron chi connectivity index (χ0n) is 15.9. The fourth-order valence-corrected chi connectivity index (χ4v) is 2.02. The van der Waals surface area contributed by atoms with Crippen LogP contribution in [0.15, 0.2) is 60.8 Å². The standard InChI is InChI=1S/C19H19F2NO2.CH4O.FH.H3N.H2/c1-3-4-13(2)11-22-14-9-18(20)17(19(21)10-14)12-24-16-7-5-15(23)6-8-16;1-2;;;/h3,5-11,22-23H,1,4,12H2,2H3;2H,1H3;1H;1H3;1H/b13-11+;;;;. The van der Waals surface area contributed by atoms with Crippen molar-refractivity contribution in [2.45, 2.75) is 20.0 Å². The van der Waals surface area contributed by atoms with Crippen molar-refractivity contribution in [3.05, 3.63) is 78.0 Å². The molecule has 6 N–H and O–H groups in total. The zero-order valence-corrected chi connectivity index (χ0v) is 15.9. The maximum Gasteiger partial charge on any atom is 0.134 e. The number of aliphatic hydroxyl groups is 1. The number of rotatable bonds is 7. The quantitative estimate of drug-likeness (QED) is 0.471. The molecule has 0 aliphatic heterocycles. The molecular formula is C20H29F3N2O3. The van der Waals surface area contributed by atoms with E-state index < -0.39 is 11.6 Å². The number of hydrogen-bond acceptors (Lipinski definition) is 5. The lowest BCUT2D eigenvalue weighted by Gasteiger charge is -2.10. The Labute approximate surface area is 164 Å². The molecule has 5 nitrogen and oxygen atoms in total. The molecule has 8 heteroatoms. The lowest BCUT2D eigenvalue weighted by atomic mass is 10.1. The number of phenols is 1. The van der Waals surface area contributed by atoms with Gasteiger partial charge < -0.3 is 26.4 Å². The molecule has 0 aromatic heterocycles. The SMILES string of the molecule is C=CC/C(C)=C/Nc1cc(F)c(COc2ccc(O)cc2)c(F)c1.CO.F.N.[HH]. The van der Waals surface area contributed by atoms with Crippen molar-refractivity contribution in [3.8, 4) is 11.5 Å². The van der Waals surface area contributed by atoms with Crippen LogP contribution in [0.2, 0.25) is 0 Å². The van der Waals surface area contributed by atoms with Gasteiger partial charge in [-0.1, -0.05) is 11.6 Å². The summed E-state index contributed by atoms with van der Waals surface area (Å²) in [5, 5.41) is 19.1. The van der Waals surface area contributed by atoms with Gasteiger partial charge in [-0.2, -0.15) is 0 Å². The predicted octanol–water partition coefficient (Wildman–Crippen LogP) is 5.31. The van der Waals surface area contributed by atoms with Crippen LogP contribution < -0.4 is 16.2 Å². The number of halogens is 3. The molecule has 0 aliphatic rings. The van der Waals surface area contributed by atoms with E-state index in [0.717, 1.165) is 12.7 Å². The summed E-state index contributed by atoms with van der Waals surface area (Å²) < 4.78 is 33.6. The van der Waals surface area contributed by atoms with E-state index in [-0.39, 0.29) is 30.2 Å². The monoisotopic (exact) mass is 402 g/mol. The van der Waals surface area contributed by atoms with E-state index >= 15 is 0 Å². The summed E-state index contributed by atoms with van der Waals surface area (Å²) >= 11 is 0. The average Bonchev–Trinajstić information content (AvgIpc) is 2.63. The smallest absolute Gasteiger partial charge is 0.134 e. The summed E-state index contributed by atoms with van der Waals surface area (Å²) in [7, 11) is 1.00. The van der Waals surface area contributed by atoms with Gasteiger partial charge in [0.1, 0.15) is 29.7 Å². The van der Waals surface area contributed by atoms with Gasteiger partial charge in [-0.05, 0) is 49.7 Å². The van der Waals surface area contributed by atoms with Crippen molar-refractivity contribution in [1.82, 2.24) is 6.15 Å². The van der Waals surface area contributed by atoms with Crippen LogP contribution in [0.3, 0.4) is 0 Å². The maximum absolute atomic E-state index is 14.1. The first-order chi connectivity index (χ1) is 12.5. The van der Waals surface area contributed by atoms with E-state index in [1.807, 2.05) is 6.92 Å². The molecule has 0 spiro atoms.